The van der Waals surface area contributed by atoms with Crippen molar-refractivity contribution in [3.8, 4) is 0 Å². The van der Waals surface area contributed by atoms with Gasteiger partial charge < -0.3 is 5.32 Å². The predicted octanol–water partition coefficient (Wildman–Crippen LogP) is 4.20. The number of rotatable bonds is 4. The van der Waals surface area contributed by atoms with E-state index in [0.29, 0.717) is 22.8 Å². The number of aryl methyl sites for hydroxylation is 1. The quantitative estimate of drug-likeness (QED) is 0.564. The molecule has 7 heteroatoms. The second-order valence-electron chi connectivity index (χ2n) is 6.63. The third-order valence-electron chi connectivity index (χ3n) is 4.81. The van der Waals surface area contributed by atoms with Gasteiger partial charge >= 0.3 is 0 Å². The van der Waals surface area contributed by atoms with Crippen molar-refractivity contribution in [3.63, 3.8) is 0 Å². The summed E-state index contributed by atoms with van der Waals surface area (Å²) in [4.78, 5) is 29.3. The summed E-state index contributed by atoms with van der Waals surface area (Å²) in [5.41, 5.74) is 2.37. The molecule has 4 rings (SSSR count). The highest BCUT2D eigenvalue weighted by Crippen LogP contribution is 2.28. The summed E-state index contributed by atoms with van der Waals surface area (Å²) < 4.78 is 3.74. The Labute approximate surface area is 166 Å². The lowest BCUT2D eigenvalue weighted by Gasteiger charge is -2.21. The molecule has 0 bridgehead atoms. The highest BCUT2D eigenvalue weighted by molar-refractivity contribution is 6.33. The van der Waals surface area contributed by atoms with E-state index < -0.39 is 6.04 Å². The van der Waals surface area contributed by atoms with Crippen molar-refractivity contribution in [1.82, 2.24) is 14.2 Å². The van der Waals surface area contributed by atoms with Crippen LogP contribution in [0.2, 0.25) is 5.02 Å². The molecule has 6 nitrogen and oxygen atoms in total. The van der Waals surface area contributed by atoms with Gasteiger partial charge in [0.1, 0.15) is 6.04 Å². The van der Waals surface area contributed by atoms with Crippen molar-refractivity contribution in [3.05, 3.63) is 75.7 Å². The van der Waals surface area contributed by atoms with Gasteiger partial charge in [0.2, 0.25) is 5.91 Å². The first-order chi connectivity index (χ1) is 13.5. The molecule has 0 unspecified atom stereocenters. The highest BCUT2D eigenvalue weighted by atomic mass is 35.5. The highest BCUT2D eigenvalue weighted by Gasteiger charge is 2.25. The van der Waals surface area contributed by atoms with Gasteiger partial charge in [-0.1, -0.05) is 42.8 Å². The molecule has 0 fully saturated rings. The Morgan fingerprint density at radius 2 is 1.89 bits per heavy atom. The van der Waals surface area contributed by atoms with Gasteiger partial charge in [0.25, 0.3) is 5.56 Å². The van der Waals surface area contributed by atoms with Crippen LogP contribution < -0.4 is 10.9 Å². The minimum absolute atomic E-state index is 0.184. The van der Waals surface area contributed by atoms with Gasteiger partial charge in [-0.05, 0) is 37.6 Å². The molecule has 142 valence electrons. The summed E-state index contributed by atoms with van der Waals surface area (Å²) in [7, 11) is 0. The number of nitrogens with one attached hydrogen (secondary N) is 1. The van der Waals surface area contributed by atoms with E-state index in [9.17, 15) is 9.59 Å². The number of carbonyl (C=O) groups excluding carboxylic acids is 1. The third kappa shape index (κ3) is 2.96. The summed E-state index contributed by atoms with van der Waals surface area (Å²) in [6.45, 7) is 3.78. The van der Waals surface area contributed by atoms with Crippen LogP contribution >= 0.6 is 11.6 Å². The number of hydrogen-bond donors (Lipinski definition) is 1. The lowest BCUT2D eigenvalue weighted by molar-refractivity contribution is -0.119. The lowest BCUT2D eigenvalue weighted by atomic mass is 10.2. The topological polar surface area (TPSA) is 68.4 Å². The normalized spacial score (nSPS) is 12.4. The number of fused-ring (bicyclic) bond motifs is 3. The van der Waals surface area contributed by atoms with E-state index in [4.69, 9.17) is 11.6 Å². The zero-order chi connectivity index (χ0) is 19.8. The van der Waals surface area contributed by atoms with Crippen molar-refractivity contribution in [2.24, 2.45) is 0 Å². The van der Waals surface area contributed by atoms with Crippen LogP contribution in [0.1, 0.15) is 25.1 Å². The van der Waals surface area contributed by atoms with E-state index in [-0.39, 0.29) is 11.5 Å². The molecule has 1 atom stereocenters. The molecule has 4 aromatic rings. The average molecular weight is 395 g/mol. The van der Waals surface area contributed by atoms with E-state index in [1.54, 1.807) is 12.1 Å². The molecule has 0 spiro atoms. The minimum atomic E-state index is -0.512. The van der Waals surface area contributed by atoms with Gasteiger partial charge in [0.05, 0.1) is 16.2 Å². The summed E-state index contributed by atoms with van der Waals surface area (Å²) in [5.74, 6) is -0.184. The Balaban J connectivity index is 1.91. The molecule has 0 saturated heterocycles. The van der Waals surface area contributed by atoms with E-state index in [1.807, 2.05) is 59.4 Å². The standard InChI is InChI=1S/C21H19ClN4O2/c1-3-17(21(28)23-16-10-6-5-9-15(16)22)26-18-11-7-4-8-14(18)20-24-19(27)12-13(2)25(20)26/h4-12,17H,3H2,1-2H3,(H,23,28)/t17-/m1/s1. The van der Waals surface area contributed by atoms with Gasteiger partial charge in [0, 0.05) is 17.1 Å². The number of nitrogens with zero attached hydrogens (tertiary/aromatic N) is 3. The van der Waals surface area contributed by atoms with Crippen LogP contribution in [0.5, 0.6) is 0 Å². The van der Waals surface area contributed by atoms with Crippen LogP contribution in [0.25, 0.3) is 16.6 Å². The molecule has 0 aliphatic carbocycles. The van der Waals surface area contributed by atoms with Crippen LogP contribution in [-0.2, 0) is 4.79 Å². The monoisotopic (exact) mass is 394 g/mol. The first kappa shape index (κ1) is 18.3. The van der Waals surface area contributed by atoms with Crippen molar-refractivity contribution < 1.29 is 4.79 Å². The Hall–Kier alpha value is -3.12. The van der Waals surface area contributed by atoms with Crippen LogP contribution in [0.4, 0.5) is 5.69 Å². The maximum Gasteiger partial charge on any atom is 0.273 e. The molecule has 2 heterocycles. The number of halogens is 1. The molecule has 2 aromatic carbocycles. The number of hydrogen-bond acceptors (Lipinski definition) is 3. The van der Waals surface area contributed by atoms with Gasteiger partial charge in [-0.25, -0.2) is 4.52 Å². The van der Waals surface area contributed by atoms with E-state index in [0.717, 1.165) is 16.6 Å². The number of amides is 1. The molecule has 1 N–H and O–H groups in total. The fourth-order valence-corrected chi connectivity index (χ4v) is 3.75. The molecule has 0 aliphatic heterocycles. The second-order valence-corrected chi connectivity index (χ2v) is 7.03. The van der Waals surface area contributed by atoms with Crippen molar-refractivity contribution in [2.75, 3.05) is 5.32 Å². The number of carbonyl (C=O) groups is 1. The molecule has 2 aromatic heterocycles. The number of para-hydroxylation sites is 2. The Morgan fingerprint density at radius 3 is 2.64 bits per heavy atom. The van der Waals surface area contributed by atoms with E-state index >= 15 is 0 Å². The molecule has 0 aliphatic rings. The van der Waals surface area contributed by atoms with Gasteiger partial charge in [-0.15, -0.1) is 0 Å². The zero-order valence-corrected chi connectivity index (χ0v) is 16.3. The van der Waals surface area contributed by atoms with Gasteiger partial charge in [0.15, 0.2) is 5.65 Å². The average Bonchev–Trinajstić information content (AvgIpc) is 2.99. The number of anilines is 1. The smallest absolute Gasteiger partial charge is 0.273 e. The summed E-state index contributed by atoms with van der Waals surface area (Å²) in [6, 6.07) is 15.7. The van der Waals surface area contributed by atoms with Crippen molar-refractivity contribution in [1.29, 1.82) is 0 Å². The molecule has 1 amide bonds. The molecular formula is C21H19ClN4O2. The maximum absolute atomic E-state index is 13.2. The van der Waals surface area contributed by atoms with E-state index in [1.165, 1.54) is 6.07 Å². The third-order valence-corrected chi connectivity index (χ3v) is 5.14. The van der Waals surface area contributed by atoms with Crippen LogP contribution in [0.3, 0.4) is 0 Å². The van der Waals surface area contributed by atoms with E-state index in [2.05, 4.69) is 10.3 Å². The van der Waals surface area contributed by atoms with Crippen molar-refractivity contribution in [2.45, 2.75) is 26.3 Å². The molecule has 28 heavy (non-hydrogen) atoms. The Morgan fingerprint density at radius 1 is 1.18 bits per heavy atom. The second kappa shape index (κ2) is 7.13. The lowest BCUT2D eigenvalue weighted by Crippen LogP contribution is -2.29. The Kier molecular flexibility index (Phi) is 4.65. The molecular weight excluding hydrogens is 376 g/mol. The number of aromatic nitrogens is 3. The fraction of sp³-hybridized carbons (Fsp3) is 0.190. The summed E-state index contributed by atoms with van der Waals surface area (Å²) in [6.07, 6.45) is 0.551. The maximum atomic E-state index is 13.2. The molecule has 0 saturated carbocycles. The molecule has 0 radical (unpaired) electrons. The fourth-order valence-electron chi connectivity index (χ4n) is 3.56. The zero-order valence-electron chi connectivity index (χ0n) is 15.5. The summed E-state index contributed by atoms with van der Waals surface area (Å²) >= 11 is 6.20. The largest absolute Gasteiger partial charge is 0.323 e. The Bertz CT molecular complexity index is 1260. The first-order valence-electron chi connectivity index (χ1n) is 9.06. The minimum Gasteiger partial charge on any atom is -0.323 e. The number of benzene rings is 2. The SMILES string of the molecule is CC[C@H](C(=O)Nc1ccccc1Cl)n1c2ccccc2c2nc(=O)cc(C)n21. The predicted molar refractivity (Wildman–Crippen MR) is 111 cm³/mol. The van der Waals surface area contributed by atoms with Crippen LogP contribution in [0.15, 0.2) is 59.4 Å². The van der Waals surface area contributed by atoms with Crippen LogP contribution in [-0.4, -0.2) is 20.1 Å². The van der Waals surface area contributed by atoms with Crippen molar-refractivity contribution >= 4 is 39.7 Å². The van der Waals surface area contributed by atoms with Gasteiger partial charge in [-0.2, -0.15) is 4.98 Å². The summed E-state index contributed by atoms with van der Waals surface area (Å²) in [5, 5.41) is 4.23. The first-order valence-corrected chi connectivity index (χ1v) is 9.44. The van der Waals surface area contributed by atoms with Gasteiger partial charge in [-0.3, -0.25) is 14.3 Å². The van der Waals surface area contributed by atoms with Crippen LogP contribution in [0, 0.1) is 6.92 Å².